The largest absolute Gasteiger partial charge is 0.352 e. The van der Waals surface area contributed by atoms with Crippen LogP contribution < -0.4 is 5.32 Å². The maximum Gasteiger partial charge on any atom is 0.233 e. The van der Waals surface area contributed by atoms with Crippen LogP contribution in [0.3, 0.4) is 0 Å². The first-order chi connectivity index (χ1) is 14.1. The van der Waals surface area contributed by atoms with Crippen molar-refractivity contribution in [2.75, 3.05) is 0 Å². The molecule has 29 heavy (non-hydrogen) atoms. The van der Waals surface area contributed by atoms with Gasteiger partial charge in [0.05, 0.1) is 5.25 Å². The molecule has 4 rings (SSSR count). The van der Waals surface area contributed by atoms with E-state index in [4.69, 9.17) is 0 Å². The first-order valence-electron chi connectivity index (χ1n) is 10.5. The predicted octanol–water partition coefficient (Wildman–Crippen LogP) is 3.95. The maximum absolute atomic E-state index is 12.8. The fourth-order valence-electron chi connectivity index (χ4n) is 4.95. The third kappa shape index (κ3) is 4.25. The Morgan fingerprint density at radius 1 is 1.31 bits per heavy atom. The van der Waals surface area contributed by atoms with E-state index in [1.54, 1.807) is 12.4 Å². The Hall–Kier alpha value is -2.15. The second-order valence-corrected chi connectivity index (χ2v) is 9.65. The normalized spacial score (nSPS) is 25.0. The molecular weight excluding hydrogens is 382 g/mol. The number of hydrogen-bond donors (Lipinski definition) is 1. The van der Waals surface area contributed by atoms with Crippen LogP contribution in [0.5, 0.6) is 0 Å². The van der Waals surface area contributed by atoms with Crippen molar-refractivity contribution in [3.05, 3.63) is 37.2 Å². The minimum atomic E-state index is -0.242. The highest BCUT2D eigenvalue weighted by Crippen LogP contribution is 2.49. The highest BCUT2D eigenvalue weighted by molar-refractivity contribution is 8.00. The number of pyridine rings is 1. The van der Waals surface area contributed by atoms with Crippen LogP contribution in [-0.2, 0) is 11.3 Å². The number of hydrogen-bond acceptors (Lipinski definition) is 5. The fourth-order valence-corrected chi connectivity index (χ4v) is 5.82. The van der Waals surface area contributed by atoms with Crippen LogP contribution in [0.1, 0.15) is 39.5 Å². The van der Waals surface area contributed by atoms with Gasteiger partial charge in [0.15, 0.2) is 11.0 Å². The minimum Gasteiger partial charge on any atom is -0.352 e. The summed E-state index contributed by atoms with van der Waals surface area (Å²) in [7, 11) is 0. The van der Waals surface area contributed by atoms with Crippen LogP contribution in [-0.4, -0.2) is 36.9 Å². The van der Waals surface area contributed by atoms with Crippen LogP contribution in [0.2, 0.25) is 0 Å². The predicted molar refractivity (Wildman–Crippen MR) is 115 cm³/mol. The molecule has 2 aromatic rings. The molecule has 1 amide bonds. The number of thioether (sulfide) groups is 1. The molecule has 2 aliphatic rings. The molecule has 0 saturated heterocycles. The molecule has 7 heteroatoms. The van der Waals surface area contributed by atoms with Gasteiger partial charge in [0.25, 0.3) is 0 Å². The first-order valence-corrected chi connectivity index (χ1v) is 11.4. The van der Waals surface area contributed by atoms with Crippen LogP contribution >= 0.6 is 11.8 Å². The van der Waals surface area contributed by atoms with E-state index in [1.807, 2.05) is 29.7 Å². The molecule has 2 fully saturated rings. The molecule has 2 saturated carbocycles. The second kappa shape index (κ2) is 8.69. The summed E-state index contributed by atoms with van der Waals surface area (Å²) >= 11 is 1.45. The van der Waals surface area contributed by atoms with Gasteiger partial charge in [-0.15, -0.1) is 16.8 Å². The van der Waals surface area contributed by atoms with E-state index in [0.29, 0.717) is 12.5 Å². The Balaban J connectivity index is 1.42. The van der Waals surface area contributed by atoms with E-state index in [9.17, 15) is 4.79 Å². The van der Waals surface area contributed by atoms with Crippen LogP contribution in [0.25, 0.3) is 11.4 Å². The van der Waals surface area contributed by atoms with Gasteiger partial charge in [-0.2, -0.15) is 0 Å². The number of rotatable bonds is 8. The Labute approximate surface area is 176 Å². The molecule has 2 bridgehead atoms. The highest BCUT2D eigenvalue weighted by Gasteiger charge is 2.42. The van der Waals surface area contributed by atoms with E-state index in [2.05, 4.69) is 34.0 Å². The van der Waals surface area contributed by atoms with Gasteiger partial charge in [-0.1, -0.05) is 24.3 Å². The monoisotopic (exact) mass is 411 g/mol. The zero-order valence-corrected chi connectivity index (χ0v) is 17.9. The van der Waals surface area contributed by atoms with Crippen molar-refractivity contribution in [2.24, 2.45) is 17.8 Å². The van der Waals surface area contributed by atoms with Crippen LogP contribution in [0.15, 0.2) is 42.3 Å². The molecule has 2 heterocycles. The molecule has 1 N–H and O–H groups in total. The van der Waals surface area contributed by atoms with Crippen molar-refractivity contribution in [1.29, 1.82) is 0 Å². The van der Waals surface area contributed by atoms with Gasteiger partial charge in [0.2, 0.25) is 5.91 Å². The Bertz CT molecular complexity index is 867. The SMILES string of the molecule is C=CCn1c(SC(C)C(=O)NC(C)C2CC3CCC2C3)nnc1-c1ccncc1. The van der Waals surface area contributed by atoms with Gasteiger partial charge < -0.3 is 5.32 Å². The van der Waals surface area contributed by atoms with E-state index < -0.39 is 0 Å². The third-order valence-electron chi connectivity index (χ3n) is 6.42. The smallest absolute Gasteiger partial charge is 0.233 e. The molecule has 0 aliphatic heterocycles. The van der Waals surface area contributed by atoms with Gasteiger partial charge >= 0.3 is 0 Å². The van der Waals surface area contributed by atoms with Crippen molar-refractivity contribution in [3.8, 4) is 11.4 Å². The molecule has 6 nitrogen and oxygen atoms in total. The summed E-state index contributed by atoms with van der Waals surface area (Å²) in [5.74, 6) is 3.16. The third-order valence-corrected chi connectivity index (χ3v) is 7.50. The van der Waals surface area contributed by atoms with E-state index >= 15 is 0 Å². The fraction of sp³-hybridized carbons (Fsp3) is 0.545. The van der Waals surface area contributed by atoms with Crippen molar-refractivity contribution < 1.29 is 4.79 Å². The number of carbonyl (C=O) groups is 1. The molecule has 2 aliphatic carbocycles. The second-order valence-electron chi connectivity index (χ2n) is 8.34. The summed E-state index contributed by atoms with van der Waals surface area (Å²) in [6, 6.07) is 4.05. The van der Waals surface area contributed by atoms with Crippen molar-refractivity contribution in [2.45, 2.75) is 62.5 Å². The van der Waals surface area contributed by atoms with E-state index in [0.717, 1.165) is 28.4 Å². The number of fused-ring (bicyclic) bond motifs is 2. The summed E-state index contributed by atoms with van der Waals surface area (Å²) in [5, 5.41) is 12.5. The standard InChI is InChI=1S/C22H29N5OS/c1-4-11-27-20(17-7-9-23-10-8-17)25-26-22(27)29-15(3)21(28)24-14(2)19-13-16-5-6-18(19)12-16/h4,7-10,14-16,18-19H,1,5-6,11-13H2,2-3H3,(H,24,28). The summed E-state index contributed by atoms with van der Waals surface area (Å²) in [6.45, 7) is 8.54. The van der Waals surface area contributed by atoms with Crippen LogP contribution in [0.4, 0.5) is 0 Å². The molecule has 0 aromatic carbocycles. The lowest BCUT2D eigenvalue weighted by Crippen LogP contribution is -2.43. The lowest BCUT2D eigenvalue weighted by atomic mass is 9.84. The maximum atomic E-state index is 12.8. The average molecular weight is 412 g/mol. The zero-order valence-electron chi connectivity index (χ0n) is 17.1. The number of nitrogens with one attached hydrogen (secondary N) is 1. The van der Waals surface area contributed by atoms with Gasteiger partial charge in [-0.3, -0.25) is 14.3 Å². The van der Waals surface area contributed by atoms with Crippen LogP contribution in [0, 0.1) is 17.8 Å². The summed E-state index contributed by atoms with van der Waals surface area (Å²) in [5.41, 5.74) is 0.947. The summed E-state index contributed by atoms with van der Waals surface area (Å²) in [6.07, 6.45) is 10.6. The number of amides is 1. The van der Waals surface area contributed by atoms with E-state index in [1.165, 1.54) is 37.4 Å². The zero-order chi connectivity index (χ0) is 20.4. The van der Waals surface area contributed by atoms with Gasteiger partial charge in [-0.25, -0.2) is 0 Å². The lowest BCUT2D eigenvalue weighted by Gasteiger charge is -2.29. The van der Waals surface area contributed by atoms with E-state index in [-0.39, 0.29) is 17.2 Å². The highest BCUT2D eigenvalue weighted by atomic mass is 32.2. The van der Waals surface area contributed by atoms with Crippen molar-refractivity contribution in [3.63, 3.8) is 0 Å². The number of nitrogens with zero attached hydrogens (tertiary/aromatic N) is 4. The molecule has 2 aromatic heterocycles. The number of aromatic nitrogens is 4. The van der Waals surface area contributed by atoms with Gasteiger partial charge in [0.1, 0.15) is 0 Å². The number of allylic oxidation sites excluding steroid dienone is 1. The minimum absolute atomic E-state index is 0.0730. The molecule has 0 spiro atoms. The summed E-state index contributed by atoms with van der Waals surface area (Å²) < 4.78 is 2.00. The summed E-state index contributed by atoms with van der Waals surface area (Å²) in [4.78, 5) is 16.9. The Morgan fingerprint density at radius 3 is 2.76 bits per heavy atom. The number of carbonyl (C=O) groups excluding carboxylic acids is 1. The van der Waals surface area contributed by atoms with Crippen molar-refractivity contribution >= 4 is 17.7 Å². The molecule has 154 valence electrons. The quantitative estimate of drug-likeness (QED) is 0.526. The van der Waals surface area contributed by atoms with Gasteiger partial charge in [-0.05, 0) is 63.0 Å². The first kappa shape index (κ1) is 20.1. The molecule has 0 radical (unpaired) electrons. The topological polar surface area (TPSA) is 72.7 Å². The Morgan fingerprint density at radius 2 is 2.10 bits per heavy atom. The molecular formula is C22H29N5OS. The lowest BCUT2D eigenvalue weighted by molar-refractivity contribution is -0.121. The Kier molecular flexibility index (Phi) is 6.04. The average Bonchev–Trinajstić information content (AvgIpc) is 3.45. The molecule has 5 unspecified atom stereocenters. The van der Waals surface area contributed by atoms with Crippen molar-refractivity contribution in [1.82, 2.24) is 25.1 Å². The molecule has 5 atom stereocenters. The van der Waals surface area contributed by atoms with Gasteiger partial charge in [0, 0.05) is 30.5 Å².